The number of anilines is 1. The Bertz CT molecular complexity index is 1050. The number of para-hydroxylation sites is 1. The maximum atomic E-state index is 12.5. The van der Waals surface area contributed by atoms with Crippen LogP contribution in [0.4, 0.5) is 5.13 Å². The van der Waals surface area contributed by atoms with Gasteiger partial charge in [0.1, 0.15) is 0 Å². The number of hydrogen-bond donors (Lipinski definition) is 0. The van der Waals surface area contributed by atoms with E-state index in [2.05, 4.69) is 9.97 Å². The van der Waals surface area contributed by atoms with Crippen LogP contribution in [0.3, 0.4) is 0 Å². The number of aryl methyl sites for hydroxylation is 2. The maximum Gasteiger partial charge on any atom is 0.229 e. The average Bonchev–Trinajstić information content (AvgIpc) is 3.33. The molecule has 1 amide bonds. The van der Waals surface area contributed by atoms with Gasteiger partial charge in [-0.1, -0.05) is 53.3 Å². The van der Waals surface area contributed by atoms with Gasteiger partial charge in [0.05, 0.1) is 16.4 Å². The minimum Gasteiger partial charge on any atom is -0.441 e. The summed E-state index contributed by atoms with van der Waals surface area (Å²) < 4.78 is 6.87. The van der Waals surface area contributed by atoms with Gasteiger partial charge < -0.3 is 4.42 Å². The molecule has 6 heteroatoms. The van der Waals surface area contributed by atoms with Crippen molar-refractivity contribution in [3.8, 4) is 11.3 Å². The van der Waals surface area contributed by atoms with Crippen LogP contribution in [-0.2, 0) is 11.2 Å². The van der Waals surface area contributed by atoms with Crippen LogP contribution in [-0.4, -0.2) is 22.9 Å². The Morgan fingerprint density at radius 1 is 1.15 bits per heavy atom. The van der Waals surface area contributed by atoms with Crippen molar-refractivity contribution in [3.63, 3.8) is 0 Å². The highest BCUT2D eigenvalue weighted by Gasteiger charge is 2.16. The van der Waals surface area contributed by atoms with Crippen molar-refractivity contribution in [2.24, 2.45) is 0 Å². The molecule has 27 heavy (non-hydrogen) atoms. The van der Waals surface area contributed by atoms with Gasteiger partial charge in [0.15, 0.2) is 16.8 Å². The summed E-state index contributed by atoms with van der Waals surface area (Å²) in [5.74, 6) is 1.28. The van der Waals surface area contributed by atoms with Gasteiger partial charge in [0.2, 0.25) is 5.91 Å². The van der Waals surface area contributed by atoms with Crippen molar-refractivity contribution in [1.29, 1.82) is 0 Å². The highest BCUT2D eigenvalue weighted by atomic mass is 32.1. The van der Waals surface area contributed by atoms with Crippen LogP contribution in [0.5, 0.6) is 0 Å². The lowest BCUT2D eigenvalue weighted by Gasteiger charge is -2.12. The van der Waals surface area contributed by atoms with Crippen LogP contribution in [0.15, 0.2) is 59.1 Å². The fourth-order valence-corrected chi connectivity index (χ4v) is 3.71. The van der Waals surface area contributed by atoms with Crippen LogP contribution in [0, 0.1) is 6.92 Å². The predicted octanol–water partition coefficient (Wildman–Crippen LogP) is 4.86. The lowest BCUT2D eigenvalue weighted by atomic mass is 10.1. The topological polar surface area (TPSA) is 59.2 Å². The Kier molecular flexibility index (Phi) is 4.73. The Hall–Kier alpha value is -2.99. The van der Waals surface area contributed by atoms with E-state index >= 15 is 0 Å². The van der Waals surface area contributed by atoms with E-state index < -0.39 is 0 Å². The number of carbonyl (C=O) groups excluding carboxylic acids is 1. The lowest BCUT2D eigenvalue weighted by molar-refractivity contribution is -0.118. The van der Waals surface area contributed by atoms with E-state index in [1.54, 1.807) is 18.1 Å². The summed E-state index contributed by atoms with van der Waals surface area (Å²) in [7, 11) is 1.76. The molecule has 0 aliphatic carbocycles. The Labute approximate surface area is 161 Å². The Balaban J connectivity index is 1.41. The first kappa shape index (κ1) is 17.4. The molecule has 2 aromatic carbocycles. The van der Waals surface area contributed by atoms with Crippen LogP contribution >= 0.6 is 11.3 Å². The average molecular weight is 377 g/mol. The summed E-state index contributed by atoms with van der Waals surface area (Å²) in [6.07, 6.45) is 2.49. The van der Waals surface area contributed by atoms with Crippen LogP contribution in [0.25, 0.3) is 21.5 Å². The SMILES string of the molecule is Cc1ccc(-c2cnc(CCC(=O)N(C)c3nc4ccccc4s3)o2)cc1. The zero-order valence-corrected chi connectivity index (χ0v) is 16.0. The number of fused-ring (bicyclic) bond motifs is 1. The molecule has 0 unspecified atom stereocenters. The fraction of sp³-hybridized carbons (Fsp3) is 0.190. The molecule has 4 aromatic rings. The summed E-state index contributed by atoms with van der Waals surface area (Å²) in [5.41, 5.74) is 3.09. The molecule has 0 aliphatic rings. The highest BCUT2D eigenvalue weighted by molar-refractivity contribution is 7.22. The van der Waals surface area contributed by atoms with Crippen molar-refractivity contribution in [1.82, 2.24) is 9.97 Å². The molecule has 0 aliphatic heterocycles. The molecule has 0 saturated heterocycles. The molecule has 136 valence electrons. The zero-order valence-electron chi connectivity index (χ0n) is 15.2. The number of amides is 1. The smallest absolute Gasteiger partial charge is 0.229 e. The van der Waals surface area contributed by atoms with Gasteiger partial charge in [-0.05, 0) is 19.1 Å². The van der Waals surface area contributed by atoms with E-state index in [4.69, 9.17) is 4.42 Å². The second-order valence-corrected chi connectivity index (χ2v) is 7.41. The molecule has 0 atom stereocenters. The van der Waals surface area contributed by atoms with E-state index in [1.807, 2.05) is 55.5 Å². The third-order valence-electron chi connectivity index (χ3n) is 4.39. The Morgan fingerprint density at radius 3 is 2.70 bits per heavy atom. The molecule has 2 heterocycles. The fourth-order valence-electron chi connectivity index (χ4n) is 2.77. The molecule has 4 rings (SSSR count). The van der Waals surface area contributed by atoms with E-state index in [0.717, 1.165) is 21.5 Å². The second kappa shape index (κ2) is 7.32. The predicted molar refractivity (Wildman–Crippen MR) is 108 cm³/mol. The van der Waals surface area contributed by atoms with E-state index in [0.29, 0.717) is 23.9 Å². The quantitative estimate of drug-likeness (QED) is 0.499. The summed E-state index contributed by atoms with van der Waals surface area (Å²) in [6, 6.07) is 16.0. The van der Waals surface area contributed by atoms with Crippen LogP contribution < -0.4 is 4.90 Å². The summed E-state index contributed by atoms with van der Waals surface area (Å²) in [4.78, 5) is 23.0. The number of nitrogens with zero attached hydrogens (tertiary/aromatic N) is 3. The number of hydrogen-bond acceptors (Lipinski definition) is 5. The lowest BCUT2D eigenvalue weighted by Crippen LogP contribution is -2.26. The van der Waals surface area contributed by atoms with Gasteiger partial charge in [-0.3, -0.25) is 9.69 Å². The first-order valence-electron chi connectivity index (χ1n) is 8.74. The van der Waals surface area contributed by atoms with Gasteiger partial charge in [-0.15, -0.1) is 0 Å². The van der Waals surface area contributed by atoms with Gasteiger partial charge in [0, 0.05) is 25.5 Å². The van der Waals surface area contributed by atoms with Gasteiger partial charge in [-0.2, -0.15) is 0 Å². The normalized spacial score (nSPS) is 11.0. The Morgan fingerprint density at radius 2 is 1.93 bits per heavy atom. The van der Waals surface area contributed by atoms with Crippen LogP contribution in [0.2, 0.25) is 0 Å². The number of benzene rings is 2. The largest absolute Gasteiger partial charge is 0.441 e. The van der Waals surface area contributed by atoms with E-state index in [9.17, 15) is 4.79 Å². The van der Waals surface area contributed by atoms with Gasteiger partial charge in [-0.25, -0.2) is 9.97 Å². The molecule has 2 aromatic heterocycles. The molecular formula is C21H19N3O2S. The summed E-state index contributed by atoms with van der Waals surface area (Å²) >= 11 is 1.51. The first-order valence-corrected chi connectivity index (χ1v) is 9.56. The summed E-state index contributed by atoms with van der Waals surface area (Å²) in [5, 5.41) is 0.703. The number of rotatable bonds is 5. The number of aromatic nitrogens is 2. The second-order valence-electron chi connectivity index (χ2n) is 6.40. The highest BCUT2D eigenvalue weighted by Crippen LogP contribution is 2.28. The minimum atomic E-state index is -0.0101. The van der Waals surface area contributed by atoms with Crippen molar-refractivity contribution >= 4 is 32.6 Å². The first-order chi connectivity index (χ1) is 13.1. The molecule has 0 fully saturated rings. The molecule has 5 nitrogen and oxygen atoms in total. The third-order valence-corrected chi connectivity index (χ3v) is 5.50. The maximum absolute atomic E-state index is 12.5. The minimum absolute atomic E-state index is 0.0101. The van der Waals surface area contributed by atoms with Crippen LogP contribution in [0.1, 0.15) is 17.9 Å². The standard InChI is InChI=1S/C21H19N3O2S/c1-14-7-9-15(10-8-14)17-13-22-19(26-17)11-12-20(25)24(2)21-23-16-5-3-4-6-18(16)27-21/h3-10,13H,11-12H2,1-2H3. The van der Waals surface area contributed by atoms with Crippen molar-refractivity contribution in [2.75, 3.05) is 11.9 Å². The summed E-state index contributed by atoms with van der Waals surface area (Å²) in [6.45, 7) is 2.04. The number of carbonyl (C=O) groups is 1. The van der Waals surface area contributed by atoms with Crippen molar-refractivity contribution in [2.45, 2.75) is 19.8 Å². The zero-order chi connectivity index (χ0) is 18.8. The molecule has 0 N–H and O–H groups in total. The third kappa shape index (κ3) is 3.75. The molecular weight excluding hydrogens is 358 g/mol. The van der Waals surface area contributed by atoms with Crippen molar-refractivity contribution in [3.05, 3.63) is 66.2 Å². The number of oxazole rings is 1. The van der Waals surface area contributed by atoms with E-state index in [-0.39, 0.29) is 5.91 Å². The monoisotopic (exact) mass is 377 g/mol. The molecule has 0 bridgehead atoms. The molecule has 0 radical (unpaired) electrons. The van der Waals surface area contributed by atoms with Gasteiger partial charge >= 0.3 is 0 Å². The van der Waals surface area contributed by atoms with E-state index in [1.165, 1.54) is 16.9 Å². The number of thiazole rings is 1. The molecule has 0 spiro atoms. The van der Waals surface area contributed by atoms with Crippen molar-refractivity contribution < 1.29 is 9.21 Å². The molecule has 0 saturated carbocycles. The van der Waals surface area contributed by atoms with Gasteiger partial charge in [0.25, 0.3) is 0 Å².